The first-order valence-corrected chi connectivity index (χ1v) is 7.13. The van der Waals surface area contributed by atoms with Crippen LogP contribution in [0.4, 0.5) is 4.39 Å². The van der Waals surface area contributed by atoms with Crippen molar-refractivity contribution < 1.29 is 9.13 Å². The quantitative estimate of drug-likeness (QED) is 0.792. The van der Waals surface area contributed by atoms with Gasteiger partial charge in [-0.3, -0.25) is 0 Å². The van der Waals surface area contributed by atoms with Crippen molar-refractivity contribution in [3.63, 3.8) is 0 Å². The number of ether oxygens (including phenoxy) is 1. The van der Waals surface area contributed by atoms with Gasteiger partial charge < -0.3 is 10.1 Å². The lowest BCUT2D eigenvalue weighted by Gasteiger charge is -2.17. The Bertz CT molecular complexity index is 360. The molecule has 0 spiro atoms. The minimum Gasteiger partial charge on any atom is -0.383 e. The van der Waals surface area contributed by atoms with Gasteiger partial charge in [-0.1, -0.05) is 22.9 Å². The third-order valence-electron chi connectivity index (χ3n) is 2.82. The lowest BCUT2D eigenvalue weighted by atomic mass is 10.0. The van der Waals surface area contributed by atoms with Crippen LogP contribution in [0.25, 0.3) is 0 Å². The van der Waals surface area contributed by atoms with Gasteiger partial charge in [0.25, 0.3) is 0 Å². The van der Waals surface area contributed by atoms with Crippen LogP contribution in [0.3, 0.4) is 0 Å². The highest BCUT2D eigenvalue weighted by atomic mass is 79.9. The van der Waals surface area contributed by atoms with E-state index in [-0.39, 0.29) is 11.9 Å². The molecule has 4 heteroatoms. The summed E-state index contributed by atoms with van der Waals surface area (Å²) in [5.74, 6) is -0.134. The summed E-state index contributed by atoms with van der Waals surface area (Å²) in [5, 5.41) is 3.42. The van der Waals surface area contributed by atoms with E-state index >= 15 is 0 Å². The summed E-state index contributed by atoms with van der Waals surface area (Å²) in [4.78, 5) is 0. The van der Waals surface area contributed by atoms with Crippen LogP contribution in [0.1, 0.15) is 25.3 Å². The van der Waals surface area contributed by atoms with Crippen LogP contribution in [-0.4, -0.2) is 26.3 Å². The Balaban J connectivity index is 2.52. The van der Waals surface area contributed by atoms with Gasteiger partial charge in [-0.2, -0.15) is 0 Å². The topological polar surface area (TPSA) is 21.3 Å². The molecule has 1 aromatic rings. The van der Waals surface area contributed by atoms with Crippen molar-refractivity contribution in [3.05, 3.63) is 34.1 Å². The Labute approximate surface area is 117 Å². The molecule has 102 valence electrons. The average Bonchev–Trinajstić information content (AvgIpc) is 2.36. The van der Waals surface area contributed by atoms with Gasteiger partial charge in [0.2, 0.25) is 0 Å². The molecule has 0 aromatic heterocycles. The van der Waals surface area contributed by atoms with Gasteiger partial charge in [0.15, 0.2) is 0 Å². The van der Waals surface area contributed by atoms with Crippen molar-refractivity contribution in [2.75, 3.05) is 20.3 Å². The standard InChI is InChI=1S/C14H21BrFNO/c1-3-8-17-13(10-18-2)6-4-11-9-12(15)5-7-14(11)16/h5,7,9,13,17H,3-4,6,8,10H2,1-2H3. The normalized spacial score (nSPS) is 12.7. The monoisotopic (exact) mass is 317 g/mol. The second-order valence-electron chi connectivity index (χ2n) is 4.38. The van der Waals surface area contributed by atoms with E-state index in [4.69, 9.17) is 4.74 Å². The number of hydrogen-bond acceptors (Lipinski definition) is 2. The van der Waals surface area contributed by atoms with Gasteiger partial charge in [0, 0.05) is 17.6 Å². The van der Waals surface area contributed by atoms with Crippen LogP contribution in [-0.2, 0) is 11.2 Å². The summed E-state index contributed by atoms with van der Waals surface area (Å²) in [5.41, 5.74) is 0.753. The molecule has 0 bridgehead atoms. The molecule has 18 heavy (non-hydrogen) atoms. The molecule has 0 saturated heterocycles. The Morgan fingerprint density at radius 1 is 1.44 bits per heavy atom. The maximum Gasteiger partial charge on any atom is 0.126 e. The predicted molar refractivity (Wildman–Crippen MR) is 76.4 cm³/mol. The van der Waals surface area contributed by atoms with Crippen molar-refractivity contribution >= 4 is 15.9 Å². The van der Waals surface area contributed by atoms with E-state index in [0.29, 0.717) is 6.61 Å². The minimum atomic E-state index is -0.134. The highest BCUT2D eigenvalue weighted by Crippen LogP contribution is 2.17. The van der Waals surface area contributed by atoms with Crippen molar-refractivity contribution in [2.24, 2.45) is 0 Å². The molecular formula is C14H21BrFNO. The number of rotatable bonds is 8. The Morgan fingerprint density at radius 3 is 2.89 bits per heavy atom. The number of hydrogen-bond donors (Lipinski definition) is 1. The Morgan fingerprint density at radius 2 is 2.22 bits per heavy atom. The molecule has 0 radical (unpaired) electrons. The molecule has 0 heterocycles. The zero-order chi connectivity index (χ0) is 13.4. The summed E-state index contributed by atoms with van der Waals surface area (Å²) in [6, 6.07) is 5.36. The summed E-state index contributed by atoms with van der Waals surface area (Å²) >= 11 is 3.37. The summed E-state index contributed by atoms with van der Waals surface area (Å²) in [6.07, 6.45) is 2.68. The average molecular weight is 318 g/mol. The van der Waals surface area contributed by atoms with Crippen LogP contribution in [0.15, 0.2) is 22.7 Å². The maximum absolute atomic E-state index is 13.6. The van der Waals surface area contributed by atoms with Gasteiger partial charge in [-0.15, -0.1) is 0 Å². The fourth-order valence-electron chi connectivity index (χ4n) is 1.86. The predicted octanol–water partition coefficient (Wildman–Crippen LogP) is 3.54. The molecule has 0 aliphatic rings. The zero-order valence-corrected chi connectivity index (χ0v) is 12.6. The molecule has 0 fully saturated rings. The number of nitrogens with one attached hydrogen (secondary N) is 1. The lowest BCUT2D eigenvalue weighted by molar-refractivity contribution is 0.162. The molecule has 1 atom stereocenters. The first-order chi connectivity index (χ1) is 8.67. The summed E-state index contributed by atoms with van der Waals surface area (Å²) < 4.78 is 19.7. The highest BCUT2D eigenvalue weighted by molar-refractivity contribution is 9.10. The minimum absolute atomic E-state index is 0.134. The summed E-state index contributed by atoms with van der Waals surface area (Å²) in [7, 11) is 1.69. The van der Waals surface area contributed by atoms with Gasteiger partial charge in [0.05, 0.1) is 6.61 Å². The molecule has 1 rings (SSSR count). The Hall–Kier alpha value is -0.450. The van der Waals surface area contributed by atoms with Gasteiger partial charge in [-0.05, 0) is 49.6 Å². The first kappa shape index (κ1) is 15.6. The van der Waals surface area contributed by atoms with Crippen molar-refractivity contribution in [3.8, 4) is 0 Å². The van der Waals surface area contributed by atoms with Crippen LogP contribution >= 0.6 is 15.9 Å². The fraction of sp³-hybridized carbons (Fsp3) is 0.571. The SMILES string of the molecule is CCCNC(CCc1cc(Br)ccc1F)COC. The van der Waals surface area contributed by atoms with E-state index in [1.54, 1.807) is 13.2 Å². The van der Waals surface area contributed by atoms with E-state index in [9.17, 15) is 4.39 Å². The van der Waals surface area contributed by atoms with E-state index in [1.165, 1.54) is 6.07 Å². The first-order valence-electron chi connectivity index (χ1n) is 6.33. The van der Waals surface area contributed by atoms with E-state index in [0.717, 1.165) is 35.8 Å². The smallest absolute Gasteiger partial charge is 0.126 e. The van der Waals surface area contributed by atoms with Crippen molar-refractivity contribution in [2.45, 2.75) is 32.2 Å². The van der Waals surface area contributed by atoms with E-state index in [1.807, 2.05) is 6.07 Å². The molecule has 1 unspecified atom stereocenters. The molecule has 0 aliphatic carbocycles. The van der Waals surface area contributed by atoms with E-state index in [2.05, 4.69) is 28.2 Å². The van der Waals surface area contributed by atoms with E-state index < -0.39 is 0 Å². The third-order valence-corrected chi connectivity index (χ3v) is 3.31. The van der Waals surface area contributed by atoms with Gasteiger partial charge >= 0.3 is 0 Å². The molecule has 0 amide bonds. The highest BCUT2D eigenvalue weighted by Gasteiger charge is 2.10. The molecular weight excluding hydrogens is 297 g/mol. The molecule has 2 nitrogen and oxygen atoms in total. The molecule has 0 saturated carbocycles. The zero-order valence-electron chi connectivity index (χ0n) is 11.0. The Kier molecular flexibility index (Phi) is 7.47. The number of aryl methyl sites for hydroxylation is 1. The fourth-order valence-corrected chi connectivity index (χ4v) is 2.27. The largest absolute Gasteiger partial charge is 0.383 e. The molecule has 1 N–H and O–H groups in total. The number of benzene rings is 1. The lowest BCUT2D eigenvalue weighted by Crippen LogP contribution is -2.34. The van der Waals surface area contributed by atoms with Crippen LogP contribution < -0.4 is 5.32 Å². The second-order valence-corrected chi connectivity index (χ2v) is 5.30. The molecule has 1 aromatic carbocycles. The van der Waals surface area contributed by atoms with Crippen LogP contribution in [0.5, 0.6) is 0 Å². The van der Waals surface area contributed by atoms with Gasteiger partial charge in [0.1, 0.15) is 5.82 Å². The van der Waals surface area contributed by atoms with Gasteiger partial charge in [-0.25, -0.2) is 4.39 Å². The third kappa shape index (κ3) is 5.46. The van der Waals surface area contributed by atoms with Crippen LogP contribution in [0.2, 0.25) is 0 Å². The summed E-state index contributed by atoms with van der Waals surface area (Å²) in [6.45, 7) is 3.76. The van der Waals surface area contributed by atoms with Crippen molar-refractivity contribution in [1.82, 2.24) is 5.32 Å². The van der Waals surface area contributed by atoms with Crippen molar-refractivity contribution in [1.29, 1.82) is 0 Å². The second kappa shape index (κ2) is 8.62. The van der Waals surface area contributed by atoms with Crippen LogP contribution in [0, 0.1) is 5.82 Å². The number of halogens is 2. The molecule has 0 aliphatic heterocycles. The maximum atomic E-state index is 13.6. The number of methoxy groups -OCH3 is 1.